The Bertz CT molecular complexity index is 189. The maximum atomic E-state index is 10.8. The van der Waals surface area contributed by atoms with Crippen molar-refractivity contribution in [3.05, 3.63) is 0 Å². The molecule has 0 aliphatic rings. The second-order valence-electron chi connectivity index (χ2n) is 2.08. The number of aliphatic hydroxyl groups is 2. The van der Waals surface area contributed by atoms with Crippen LogP contribution < -0.4 is 0 Å². The number of hydrogen-bond acceptors (Lipinski definition) is 6. The molecule has 0 aliphatic heterocycles. The molecule has 0 aromatic heterocycles. The van der Waals surface area contributed by atoms with E-state index in [1.165, 1.54) is 0 Å². The third kappa shape index (κ3) is 3.72. The topological polar surface area (TPSA) is 113 Å². The largest absolute Gasteiger partial charge is 0.506 e. The van der Waals surface area contributed by atoms with Gasteiger partial charge in [-0.1, -0.05) is 0 Å². The summed E-state index contributed by atoms with van der Waals surface area (Å²) in [4.78, 5) is 20.8. The zero-order valence-corrected chi connectivity index (χ0v) is 6.84. The van der Waals surface area contributed by atoms with Crippen molar-refractivity contribution in [3.8, 4) is 0 Å². The van der Waals surface area contributed by atoms with Crippen LogP contribution in [0.2, 0.25) is 0 Å². The molecule has 0 saturated heterocycles. The van der Waals surface area contributed by atoms with Gasteiger partial charge in [0.25, 0.3) is 0 Å². The van der Waals surface area contributed by atoms with Crippen LogP contribution >= 0.6 is 0 Å². The molecule has 0 bridgehead atoms. The molecule has 76 valence electrons. The number of methoxy groups -OCH3 is 1. The molecule has 0 aromatic rings. The fourth-order valence-electron chi connectivity index (χ4n) is 0.604. The Hall–Kier alpha value is -1.34. The first-order valence-electron chi connectivity index (χ1n) is 3.29. The number of carbonyl (C=O) groups excluding carboxylic acids is 1. The van der Waals surface area contributed by atoms with Gasteiger partial charge in [0.2, 0.25) is 6.10 Å². The normalized spacial score (nSPS) is 14.4. The average molecular weight is 194 g/mol. The standard InChI is InChI=1S/C6H10O7/c1-12-5(9)4(3(8)2-7)13-6(10)11/h3-4,7-8H,2H2,1H3,(H,10,11). The van der Waals surface area contributed by atoms with Gasteiger partial charge in [-0.05, 0) is 0 Å². The second-order valence-corrected chi connectivity index (χ2v) is 2.08. The van der Waals surface area contributed by atoms with Gasteiger partial charge in [0.1, 0.15) is 6.10 Å². The molecule has 0 aliphatic carbocycles. The maximum absolute atomic E-state index is 10.8. The number of rotatable bonds is 4. The molecule has 0 spiro atoms. The van der Waals surface area contributed by atoms with E-state index in [0.29, 0.717) is 0 Å². The number of carboxylic acid groups (broad SMARTS) is 1. The number of hydrogen-bond donors (Lipinski definition) is 3. The summed E-state index contributed by atoms with van der Waals surface area (Å²) in [5, 5.41) is 25.5. The first kappa shape index (κ1) is 11.7. The number of esters is 1. The van der Waals surface area contributed by atoms with E-state index in [1.807, 2.05) is 0 Å². The van der Waals surface area contributed by atoms with Gasteiger partial charge in [-0.2, -0.15) is 0 Å². The number of carbonyl (C=O) groups is 2. The van der Waals surface area contributed by atoms with Crippen LogP contribution in [0.1, 0.15) is 0 Å². The van der Waals surface area contributed by atoms with Gasteiger partial charge in [0.05, 0.1) is 13.7 Å². The van der Waals surface area contributed by atoms with E-state index in [9.17, 15) is 9.59 Å². The van der Waals surface area contributed by atoms with Crippen LogP contribution in [-0.4, -0.2) is 53.4 Å². The minimum atomic E-state index is -1.73. The molecule has 2 unspecified atom stereocenters. The third-order valence-corrected chi connectivity index (χ3v) is 1.20. The van der Waals surface area contributed by atoms with Crippen molar-refractivity contribution in [2.24, 2.45) is 0 Å². The van der Waals surface area contributed by atoms with Gasteiger partial charge in [0.15, 0.2) is 0 Å². The van der Waals surface area contributed by atoms with Gasteiger partial charge >= 0.3 is 12.1 Å². The second kappa shape index (κ2) is 5.33. The Morgan fingerprint density at radius 2 is 2.00 bits per heavy atom. The molecule has 3 N–H and O–H groups in total. The van der Waals surface area contributed by atoms with E-state index in [0.717, 1.165) is 7.11 Å². The molecular weight excluding hydrogens is 184 g/mol. The summed E-state index contributed by atoms with van der Waals surface area (Å²) >= 11 is 0. The molecule has 13 heavy (non-hydrogen) atoms. The van der Waals surface area contributed by atoms with Crippen molar-refractivity contribution >= 4 is 12.1 Å². The average Bonchev–Trinajstić information content (AvgIpc) is 2.11. The van der Waals surface area contributed by atoms with Crippen LogP contribution in [0.5, 0.6) is 0 Å². The Balaban J connectivity index is 4.35. The highest BCUT2D eigenvalue weighted by Crippen LogP contribution is 2.02. The fourth-order valence-corrected chi connectivity index (χ4v) is 0.604. The summed E-state index contributed by atoms with van der Waals surface area (Å²) in [7, 11) is 1.00. The SMILES string of the molecule is COC(=O)C(OC(=O)O)C(O)CO. The van der Waals surface area contributed by atoms with E-state index < -0.39 is 30.9 Å². The summed E-state index contributed by atoms with van der Waals surface area (Å²) in [6.07, 6.45) is -5.07. The molecule has 7 nitrogen and oxygen atoms in total. The van der Waals surface area contributed by atoms with Gasteiger partial charge in [0, 0.05) is 0 Å². The van der Waals surface area contributed by atoms with Gasteiger partial charge < -0.3 is 24.8 Å². The fraction of sp³-hybridized carbons (Fsp3) is 0.667. The highest BCUT2D eigenvalue weighted by Gasteiger charge is 2.31. The van der Waals surface area contributed by atoms with E-state index in [2.05, 4.69) is 9.47 Å². The van der Waals surface area contributed by atoms with Crippen molar-refractivity contribution in [1.82, 2.24) is 0 Å². The monoisotopic (exact) mass is 194 g/mol. The number of ether oxygens (including phenoxy) is 2. The highest BCUT2D eigenvalue weighted by molar-refractivity contribution is 5.77. The summed E-state index contributed by atoms with van der Waals surface area (Å²) in [5.41, 5.74) is 0. The number of aliphatic hydroxyl groups excluding tert-OH is 2. The van der Waals surface area contributed by atoms with Crippen LogP contribution in [0.15, 0.2) is 0 Å². The quantitative estimate of drug-likeness (QED) is 0.470. The Morgan fingerprint density at radius 1 is 1.46 bits per heavy atom. The predicted molar refractivity (Wildman–Crippen MR) is 38.0 cm³/mol. The zero-order chi connectivity index (χ0) is 10.4. The minimum Gasteiger partial charge on any atom is -0.466 e. The molecule has 0 rings (SSSR count). The molecule has 0 radical (unpaired) electrons. The summed E-state index contributed by atoms with van der Waals surface area (Å²) in [5.74, 6) is -1.07. The Kier molecular flexibility index (Phi) is 4.78. The lowest BCUT2D eigenvalue weighted by Crippen LogP contribution is -2.40. The Labute approximate surface area is 73.5 Å². The van der Waals surface area contributed by atoms with Gasteiger partial charge in [-0.3, -0.25) is 0 Å². The minimum absolute atomic E-state index is 0.799. The molecule has 0 aromatic carbocycles. The zero-order valence-electron chi connectivity index (χ0n) is 6.84. The van der Waals surface area contributed by atoms with Crippen molar-refractivity contribution in [3.63, 3.8) is 0 Å². The molecule has 0 amide bonds. The highest BCUT2D eigenvalue weighted by atomic mass is 16.7. The van der Waals surface area contributed by atoms with Crippen molar-refractivity contribution in [2.45, 2.75) is 12.2 Å². The molecule has 0 fully saturated rings. The lowest BCUT2D eigenvalue weighted by molar-refractivity contribution is -0.159. The predicted octanol–water partition coefficient (Wildman–Crippen LogP) is -1.42. The van der Waals surface area contributed by atoms with Crippen LogP contribution in [0.25, 0.3) is 0 Å². The van der Waals surface area contributed by atoms with Crippen LogP contribution in [0, 0.1) is 0 Å². The van der Waals surface area contributed by atoms with Gasteiger partial charge in [-0.25, -0.2) is 9.59 Å². The van der Waals surface area contributed by atoms with E-state index in [1.54, 1.807) is 0 Å². The third-order valence-electron chi connectivity index (χ3n) is 1.20. The first-order valence-corrected chi connectivity index (χ1v) is 3.29. The maximum Gasteiger partial charge on any atom is 0.506 e. The summed E-state index contributed by atoms with van der Waals surface area (Å²) < 4.78 is 8.13. The molecule has 2 atom stereocenters. The van der Waals surface area contributed by atoms with Crippen LogP contribution in [0.3, 0.4) is 0 Å². The van der Waals surface area contributed by atoms with Crippen LogP contribution in [-0.2, 0) is 14.3 Å². The molecule has 0 heterocycles. The summed E-state index contributed by atoms with van der Waals surface area (Å²) in [6, 6.07) is 0. The summed E-state index contributed by atoms with van der Waals surface area (Å²) in [6.45, 7) is -0.799. The van der Waals surface area contributed by atoms with E-state index in [4.69, 9.17) is 15.3 Å². The van der Waals surface area contributed by atoms with E-state index >= 15 is 0 Å². The van der Waals surface area contributed by atoms with Crippen molar-refractivity contribution in [2.75, 3.05) is 13.7 Å². The molecular formula is C6H10O7. The lowest BCUT2D eigenvalue weighted by atomic mass is 10.2. The van der Waals surface area contributed by atoms with Crippen molar-refractivity contribution < 1.29 is 34.4 Å². The van der Waals surface area contributed by atoms with Crippen molar-refractivity contribution in [1.29, 1.82) is 0 Å². The van der Waals surface area contributed by atoms with E-state index in [-0.39, 0.29) is 0 Å². The molecule has 7 heteroatoms. The Morgan fingerprint density at radius 3 is 2.31 bits per heavy atom. The first-order chi connectivity index (χ1) is 6.02. The smallest absolute Gasteiger partial charge is 0.466 e. The molecule has 0 saturated carbocycles. The van der Waals surface area contributed by atoms with Gasteiger partial charge in [-0.15, -0.1) is 0 Å². The van der Waals surface area contributed by atoms with Crippen LogP contribution in [0.4, 0.5) is 4.79 Å². The lowest BCUT2D eigenvalue weighted by Gasteiger charge is -2.17.